The predicted octanol–water partition coefficient (Wildman–Crippen LogP) is 4.69. The molecule has 2 nitrogen and oxygen atoms in total. The van der Waals surface area contributed by atoms with E-state index in [1.54, 1.807) is 0 Å². The van der Waals surface area contributed by atoms with Crippen LogP contribution < -0.4 is 0 Å². The Kier molecular flexibility index (Phi) is 3.65. The van der Waals surface area contributed by atoms with Gasteiger partial charge < -0.3 is 4.42 Å². The maximum atomic E-state index is 12.8. The van der Waals surface area contributed by atoms with Crippen LogP contribution in [0, 0.1) is 25.2 Å². The topological polar surface area (TPSA) is 30.2 Å². The Balaban J connectivity index is 2.28. The Labute approximate surface area is 110 Å². The summed E-state index contributed by atoms with van der Waals surface area (Å²) in [5.41, 5.74) is 0.932. The number of Topliss-reactive ketones (excluding diaryl/α,β-unsaturated/α-hetero) is 1. The van der Waals surface area contributed by atoms with Crippen molar-refractivity contribution >= 4 is 5.78 Å². The van der Waals surface area contributed by atoms with Gasteiger partial charge in [0.2, 0.25) is 5.78 Å². The Morgan fingerprint density at radius 2 is 1.94 bits per heavy atom. The molecule has 1 fully saturated rings. The molecule has 0 amide bonds. The summed E-state index contributed by atoms with van der Waals surface area (Å²) in [6, 6.07) is 1.91. The molecular formula is C16H24O2. The first-order chi connectivity index (χ1) is 8.44. The Morgan fingerprint density at radius 3 is 2.39 bits per heavy atom. The van der Waals surface area contributed by atoms with Crippen LogP contribution in [0.1, 0.15) is 67.8 Å². The zero-order chi connectivity index (χ0) is 13.3. The van der Waals surface area contributed by atoms with Gasteiger partial charge >= 0.3 is 0 Å². The summed E-state index contributed by atoms with van der Waals surface area (Å²) in [4.78, 5) is 12.8. The quantitative estimate of drug-likeness (QED) is 0.724. The van der Waals surface area contributed by atoms with E-state index in [0.717, 1.165) is 30.6 Å². The van der Waals surface area contributed by atoms with Crippen LogP contribution in [0.5, 0.6) is 0 Å². The van der Waals surface area contributed by atoms with Crippen LogP contribution in [0.4, 0.5) is 0 Å². The van der Waals surface area contributed by atoms with Gasteiger partial charge in [-0.2, -0.15) is 0 Å². The summed E-state index contributed by atoms with van der Waals surface area (Å²) in [5.74, 6) is 2.25. The average Bonchev–Trinajstić information content (AvgIpc) is 2.86. The van der Waals surface area contributed by atoms with Gasteiger partial charge in [-0.1, -0.05) is 26.7 Å². The number of hydrogen-bond donors (Lipinski definition) is 0. The molecule has 0 unspecified atom stereocenters. The molecule has 18 heavy (non-hydrogen) atoms. The van der Waals surface area contributed by atoms with Crippen molar-refractivity contribution in [2.75, 3.05) is 0 Å². The van der Waals surface area contributed by atoms with Crippen LogP contribution >= 0.6 is 0 Å². The zero-order valence-electron chi connectivity index (χ0n) is 12.0. The molecule has 0 radical (unpaired) electrons. The first-order valence-electron chi connectivity index (χ1n) is 7.06. The van der Waals surface area contributed by atoms with Gasteiger partial charge in [-0.3, -0.25) is 4.79 Å². The van der Waals surface area contributed by atoms with Gasteiger partial charge in [-0.05, 0) is 50.7 Å². The molecule has 0 saturated heterocycles. The van der Waals surface area contributed by atoms with Crippen molar-refractivity contribution in [3.05, 3.63) is 23.2 Å². The number of hydrogen-bond acceptors (Lipinski definition) is 2. The molecule has 2 heteroatoms. The van der Waals surface area contributed by atoms with Crippen molar-refractivity contribution in [3.63, 3.8) is 0 Å². The van der Waals surface area contributed by atoms with E-state index in [-0.39, 0.29) is 11.2 Å². The summed E-state index contributed by atoms with van der Waals surface area (Å²) in [5, 5.41) is 0. The normalized spacial score (nSPS) is 18.5. The SMILES string of the molecule is Cc1cc(C(=O)C2(CC(C)C)CCCC2)oc1C. The third-order valence-electron chi connectivity index (χ3n) is 4.23. The fraction of sp³-hybridized carbons (Fsp3) is 0.688. The third-order valence-corrected chi connectivity index (χ3v) is 4.23. The summed E-state index contributed by atoms with van der Waals surface area (Å²) < 4.78 is 5.65. The van der Waals surface area contributed by atoms with E-state index >= 15 is 0 Å². The largest absolute Gasteiger partial charge is 0.458 e. The minimum atomic E-state index is -0.148. The van der Waals surface area contributed by atoms with Gasteiger partial charge in [0, 0.05) is 5.41 Å². The zero-order valence-corrected chi connectivity index (χ0v) is 12.0. The maximum absolute atomic E-state index is 12.8. The standard InChI is InChI=1S/C16H24O2/c1-11(2)10-16(7-5-6-8-16)15(17)14-9-12(3)13(4)18-14/h9,11H,5-8,10H2,1-4H3. The molecule has 1 heterocycles. The van der Waals surface area contributed by atoms with E-state index in [9.17, 15) is 4.79 Å². The van der Waals surface area contributed by atoms with E-state index in [1.807, 2.05) is 19.9 Å². The molecule has 2 rings (SSSR count). The van der Waals surface area contributed by atoms with E-state index in [1.165, 1.54) is 12.8 Å². The molecule has 1 aromatic heterocycles. The van der Waals surface area contributed by atoms with Crippen LogP contribution in [0.25, 0.3) is 0 Å². The van der Waals surface area contributed by atoms with Gasteiger partial charge in [-0.25, -0.2) is 0 Å². The monoisotopic (exact) mass is 248 g/mol. The van der Waals surface area contributed by atoms with Crippen molar-refractivity contribution in [2.45, 2.75) is 59.8 Å². The number of rotatable bonds is 4. The van der Waals surface area contributed by atoms with E-state index < -0.39 is 0 Å². The molecule has 1 aromatic rings. The molecule has 0 bridgehead atoms. The molecule has 0 aliphatic heterocycles. The maximum Gasteiger partial charge on any atom is 0.204 e. The second kappa shape index (κ2) is 4.91. The number of ketones is 1. The van der Waals surface area contributed by atoms with Crippen LogP contribution in [-0.2, 0) is 0 Å². The highest BCUT2D eigenvalue weighted by Crippen LogP contribution is 2.45. The second-order valence-corrected chi connectivity index (χ2v) is 6.26. The van der Waals surface area contributed by atoms with Crippen molar-refractivity contribution in [1.82, 2.24) is 0 Å². The molecule has 0 aromatic carbocycles. The summed E-state index contributed by atoms with van der Waals surface area (Å²) in [6.45, 7) is 8.33. The summed E-state index contributed by atoms with van der Waals surface area (Å²) in [7, 11) is 0. The predicted molar refractivity (Wildman–Crippen MR) is 72.9 cm³/mol. The van der Waals surface area contributed by atoms with Crippen molar-refractivity contribution in [2.24, 2.45) is 11.3 Å². The fourth-order valence-electron chi connectivity index (χ4n) is 3.30. The smallest absolute Gasteiger partial charge is 0.204 e. The van der Waals surface area contributed by atoms with Crippen LogP contribution in [-0.4, -0.2) is 5.78 Å². The van der Waals surface area contributed by atoms with Gasteiger partial charge in [0.15, 0.2) is 5.76 Å². The molecule has 1 saturated carbocycles. The van der Waals surface area contributed by atoms with E-state index in [2.05, 4.69) is 13.8 Å². The highest BCUT2D eigenvalue weighted by Gasteiger charge is 2.43. The lowest BCUT2D eigenvalue weighted by atomic mass is 9.74. The molecule has 0 atom stereocenters. The summed E-state index contributed by atoms with van der Waals surface area (Å²) in [6.07, 6.45) is 5.41. The number of furan rings is 1. The van der Waals surface area contributed by atoms with Crippen molar-refractivity contribution in [3.8, 4) is 0 Å². The lowest BCUT2D eigenvalue weighted by Gasteiger charge is -2.28. The first-order valence-corrected chi connectivity index (χ1v) is 7.06. The lowest BCUT2D eigenvalue weighted by molar-refractivity contribution is 0.0727. The minimum Gasteiger partial charge on any atom is -0.458 e. The fourth-order valence-corrected chi connectivity index (χ4v) is 3.30. The molecular weight excluding hydrogens is 224 g/mol. The molecule has 0 N–H and O–H groups in total. The van der Waals surface area contributed by atoms with E-state index in [0.29, 0.717) is 11.7 Å². The van der Waals surface area contributed by atoms with Gasteiger partial charge in [-0.15, -0.1) is 0 Å². The number of carbonyl (C=O) groups excluding carboxylic acids is 1. The van der Waals surface area contributed by atoms with Gasteiger partial charge in [0.05, 0.1) is 0 Å². The molecule has 0 spiro atoms. The first kappa shape index (κ1) is 13.4. The van der Waals surface area contributed by atoms with Crippen LogP contribution in [0.15, 0.2) is 10.5 Å². The minimum absolute atomic E-state index is 0.148. The summed E-state index contributed by atoms with van der Waals surface area (Å²) >= 11 is 0. The number of aryl methyl sites for hydroxylation is 2. The van der Waals surface area contributed by atoms with Crippen LogP contribution in [0.2, 0.25) is 0 Å². The van der Waals surface area contributed by atoms with Crippen LogP contribution in [0.3, 0.4) is 0 Å². The van der Waals surface area contributed by atoms with Gasteiger partial charge in [0.25, 0.3) is 0 Å². The van der Waals surface area contributed by atoms with Gasteiger partial charge in [0.1, 0.15) is 5.76 Å². The third kappa shape index (κ3) is 2.38. The Morgan fingerprint density at radius 1 is 1.33 bits per heavy atom. The highest BCUT2D eigenvalue weighted by atomic mass is 16.3. The van der Waals surface area contributed by atoms with Crippen molar-refractivity contribution in [1.29, 1.82) is 0 Å². The van der Waals surface area contributed by atoms with Crippen molar-refractivity contribution < 1.29 is 9.21 Å². The second-order valence-electron chi connectivity index (χ2n) is 6.26. The Bertz CT molecular complexity index is 414. The Hall–Kier alpha value is -1.05. The molecule has 1 aliphatic carbocycles. The lowest BCUT2D eigenvalue weighted by Crippen LogP contribution is -2.29. The molecule has 1 aliphatic rings. The van der Waals surface area contributed by atoms with E-state index in [4.69, 9.17) is 4.42 Å². The highest BCUT2D eigenvalue weighted by molar-refractivity contribution is 5.98. The molecule has 100 valence electrons. The average molecular weight is 248 g/mol. The number of carbonyl (C=O) groups is 1.